The summed E-state index contributed by atoms with van der Waals surface area (Å²) >= 11 is 0. The average Bonchev–Trinajstić information content (AvgIpc) is 2.92. The van der Waals surface area contributed by atoms with Crippen LogP contribution in [0.2, 0.25) is 0 Å². The first kappa shape index (κ1) is 27.1. The van der Waals surface area contributed by atoms with E-state index < -0.39 is 5.97 Å². The van der Waals surface area contributed by atoms with Crippen molar-refractivity contribution in [1.29, 1.82) is 0 Å². The molecule has 3 aromatic rings. The van der Waals surface area contributed by atoms with Gasteiger partial charge in [-0.3, -0.25) is 0 Å². The second-order valence-electron chi connectivity index (χ2n) is 9.12. The summed E-state index contributed by atoms with van der Waals surface area (Å²) in [6.07, 6.45) is 8.48. The van der Waals surface area contributed by atoms with Crippen LogP contribution in [-0.4, -0.2) is 12.6 Å². The van der Waals surface area contributed by atoms with Gasteiger partial charge >= 0.3 is 5.97 Å². The van der Waals surface area contributed by atoms with Gasteiger partial charge in [0.15, 0.2) is 0 Å². The second kappa shape index (κ2) is 14.8. The Morgan fingerprint density at radius 3 is 1.89 bits per heavy atom. The molecule has 0 fully saturated rings. The third kappa shape index (κ3) is 8.95. The Kier molecular flexibility index (Phi) is 11.2. The van der Waals surface area contributed by atoms with Crippen LogP contribution >= 0.6 is 0 Å². The summed E-state index contributed by atoms with van der Waals surface area (Å²) < 4.78 is 11.3. The van der Waals surface area contributed by atoms with Gasteiger partial charge in [0, 0.05) is 0 Å². The van der Waals surface area contributed by atoms with Crippen molar-refractivity contribution in [1.82, 2.24) is 0 Å². The Labute approximate surface area is 215 Å². The number of hydrogen-bond donors (Lipinski definition) is 0. The van der Waals surface area contributed by atoms with E-state index in [9.17, 15) is 4.79 Å². The minimum atomic E-state index is -0.409. The van der Waals surface area contributed by atoms with Crippen molar-refractivity contribution >= 4 is 17.3 Å². The summed E-state index contributed by atoms with van der Waals surface area (Å²) in [6, 6.07) is 22.2. The summed E-state index contributed by atoms with van der Waals surface area (Å²) in [5.41, 5.74) is 3.27. The lowest BCUT2D eigenvalue weighted by molar-refractivity contribution is 0.0734. The SMILES string of the molecule is CCCCCCCCOc1ccc(C(=O)Oc2ccc(N=Nc3ccc([C@@H](C)CC)cc3)cc2)cc1. The first-order chi connectivity index (χ1) is 17.6. The van der Waals surface area contributed by atoms with E-state index in [1.165, 1.54) is 37.7 Å². The molecule has 36 heavy (non-hydrogen) atoms. The van der Waals surface area contributed by atoms with Crippen LogP contribution in [0.15, 0.2) is 83.0 Å². The molecular formula is C31H38N2O3. The van der Waals surface area contributed by atoms with Gasteiger partial charge in [-0.15, -0.1) is 0 Å². The van der Waals surface area contributed by atoms with E-state index in [4.69, 9.17) is 9.47 Å². The van der Waals surface area contributed by atoms with Crippen LogP contribution in [0.3, 0.4) is 0 Å². The molecule has 0 aliphatic carbocycles. The Balaban J connectivity index is 1.45. The number of carbonyl (C=O) groups excluding carboxylic acids is 1. The molecule has 0 radical (unpaired) electrons. The minimum Gasteiger partial charge on any atom is -0.494 e. The third-order valence-electron chi connectivity index (χ3n) is 6.26. The van der Waals surface area contributed by atoms with Crippen LogP contribution < -0.4 is 9.47 Å². The lowest BCUT2D eigenvalue weighted by Gasteiger charge is -2.08. The van der Waals surface area contributed by atoms with E-state index in [-0.39, 0.29) is 0 Å². The molecule has 0 saturated heterocycles. The predicted molar refractivity (Wildman–Crippen MR) is 146 cm³/mol. The molecule has 190 valence electrons. The van der Waals surface area contributed by atoms with Crippen molar-refractivity contribution in [3.63, 3.8) is 0 Å². The Morgan fingerprint density at radius 2 is 1.28 bits per heavy atom. The summed E-state index contributed by atoms with van der Waals surface area (Å²) in [7, 11) is 0. The molecule has 3 rings (SSSR count). The van der Waals surface area contributed by atoms with Crippen molar-refractivity contribution in [3.8, 4) is 11.5 Å². The summed E-state index contributed by atoms with van der Waals surface area (Å²) in [4.78, 5) is 12.5. The minimum absolute atomic E-state index is 0.409. The number of benzene rings is 3. The fourth-order valence-electron chi connectivity index (χ4n) is 3.73. The molecule has 1 atom stereocenters. The number of esters is 1. The topological polar surface area (TPSA) is 60.2 Å². The van der Waals surface area contributed by atoms with E-state index in [1.54, 1.807) is 36.4 Å². The van der Waals surface area contributed by atoms with E-state index in [0.717, 1.165) is 24.3 Å². The molecule has 0 amide bonds. The van der Waals surface area contributed by atoms with Gasteiger partial charge in [-0.1, -0.05) is 65.0 Å². The zero-order valence-electron chi connectivity index (χ0n) is 21.8. The van der Waals surface area contributed by atoms with Gasteiger partial charge in [0.1, 0.15) is 11.5 Å². The molecule has 0 heterocycles. The van der Waals surface area contributed by atoms with Gasteiger partial charge in [0.05, 0.1) is 23.5 Å². The van der Waals surface area contributed by atoms with E-state index in [0.29, 0.717) is 29.5 Å². The zero-order valence-corrected chi connectivity index (χ0v) is 21.8. The van der Waals surface area contributed by atoms with E-state index in [1.807, 2.05) is 24.3 Å². The molecule has 3 aromatic carbocycles. The van der Waals surface area contributed by atoms with Gasteiger partial charge in [0.25, 0.3) is 0 Å². The monoisotopic (exact) mass is 486 g/mol. The van der Waals surface area contributed by atoms with Crippen LogP contribution in [-0.2, 0) is 0 Å². The maximum Gasteiger partial charge on any atom is 0.343 e. The van der Waals surface area contributed by atoms with Crippen LogP contribution in [0, 0.1) is 0 Å². The van der Waals surface area contributed by atoms with E-state index >= 15 is 0 Å². The van der Waals surface area contributed by atoms with Gasteiger partial charge in [-0.25, -0.2) is 4.79 Å². The number of unbranched alkanes of at least 4 members (excludes halogenated alkanes) is 5. The highest BCUT2D eigenvalue weighted by Crippen LogP contribution is 2.25. The standard InChI is InChI=1S/C31H38N2O3/c1-4-6-7-8-9-10-23-35-29-19-13-26(14-20-29)31(34)36-30-21-17-28(18-22-30)33-32-27-15-11-25(12-16-27)24(3)5-2/h11-22,24H,4-10,23H2,1-3H3/t24-/m0/s1. The molecule has 5 nitrogen and oxygen atoms in total. The molecule has 0 aliphatic heterocycles. The molecule has 0 aromatic heterocycles. The van der Waals surface area contributed by atoms with Crippen LogP contribution in [0.4, 0.5) is 11.4 Å². The largest absolute Gasteiger partial charge is 0.494 e. The van der Waals surface area contributed by atoms with Crippen molar-refractivity contribution in [3.05, 3.63) is 83.9 Å². The lowest BCUT2D eigenvalue weighted by atomic mass is 9.99. The smallest absolute Gasteiger partial charge is 0.343 e. The predicted octanol–water partition coefficient (Wildman–Crippen LogP) is 9.57. The molecule has 0 aliphatic rings. The van der Waals surface area contributed by atoms with Crippen molar-refractivity contribution < 1.29 is 14.3 Å². The molecule has 0 saturated carbocycles. The number of hydrogen-bond acceptors (Lipinski definition) is 5. The Morgan fingerprint density at radius 1 is 0.722 bits per heavy atom. The van der Waals surface area contributed by atoms with Gasteiger partial charge in [-0.2, -0.15) is 10.2 Å². The molecule has 5 heteroatoms. The molecule has 0 spiro atoms. The first-order valence-corrected chi connectivity index (χ1v) is 13.2. The number of ether oxygens (including phenoxy) is 2. The zero-order chi connectivity index (χ0) is 25.6. The van der Waals surface area contributed by atoms with Crippen LogP contribution in [0.5, 0.6) is 11.5 Å². The van der Waals surface area contributed by atoms with Crippen LogP contribution in [0.1, 0.15) is 87.6 Å². The Bertz CT molecular complexity index is 1070. The third-order valence-corrected chi connectivity index (χ3v) is 6.26. The van der Waals surface area contributed by atoms with Gasteiger partial charge in [-0.05, 0) is 85.0 Å². The fraction of sp³-hybridized carbons (Fsp3) is 0.387. The number of rotatable bonds is 14. The highest BCUT2D eigenvalue weighted by Gasteiger charge is 2.09. The summed E-state index contributed by atoms with van der Waals surface area (Å²) in [5, 5.41) is 8.58. The van der Waals surface area contributed by atoms with Crippen molar-refractivity contribution in [2.75, 3.05) is 6.61 Å². The normalized spacial score (nSPS) is 12.0. The average molecular weight is 487 g/mol. The second-order valence-corrected chi connectivity index (χ2v) is 9.12. The fourth-order valence-corrected chi connectivity index (χ4v) is 3.73. The number of nitrogens with zero attached hydrogens (tertiary/aromatic N) is 2. The summed E-state index contributed by atoms with van der Waals surface area (Å²) in [6.45, 7) is 7.32. The van der Waals surface area contributed by atoms with Gasteiger partial charge < -0.3 is 9.47 Å². The molecule has 0 unspecified atom stereocenters. The van der Waals surface area contributed by atoms with Crippen molar-refractivity contribution in [2.24, 2.45) is 10.2 Å². The summed E-state index contributed by atoms with van der Waals surface area (Å²) in [5.74, 6) is 1.35. The van der Waals surface area contributed by atoms with E-state index in [2.05, 4.69) is 43.1 Å². The lowest BCUT2D eigenvalue weighted by Crippen LogP contribution is -2.08. The number of carbonyl (C=O) groups is 1. The number of azo groups is 1. The quantitative estimate of drug-likeness (QED) is 0.0986. The first-order valence-electron chi connectivity index (χ1n) is 13.2. The van der Waals surface area contributed by atoms with Crippen molar-refractivity contribution in [2.45, 2.75) is 71.6 Å². The van der Waals surface area contributed by atoms with Crippen LogP contribution in [0.25, 0.3) is 0 Å². The highest BCUT2D eigenvalue weighted by molar-refractivity contribution is 5.91. The Hall–Kier alpha value is -3.47. The highest BCUT2D eigenvalue weighted by atomic mass is 16.5. The maximum absolute atomic E-state index is 12.5. The molecule has 0 bridgehead atoms. The molecular weight excluding hydrogens is 448 g/mol. The molecule has 0 N–H and O–H groups in total. The maximum atomic E-state index is 12.5. The van der Waals surface area contributed by atoms with Gasteiger partial charge in [0.2, 0.25) is 0 Å².